The molecule has 0 aromatic heterocycles. The maximum absolute atomic E-state index is 11.5. The number of hydrogen-bond donors (Lipinski definition) is 2. The number of carboxylic acid groups (broad SMARTS) is 1. The molecule has 17 heavy (non-hydrogen) atoms. The van der Waals surface area contributed by atoms with Crippen molar-refractivity contribution in [3.63, 3.8) is 0 Å². The van der Waals surface area contributed by atoms with Crippen molar-refractivity contribution in [2.24, 2.45) is 0 Å². The van der Waals surface area contributed by atoms with E-state index in [0.717, 1.165) is 19.3 Å². The second kappa shape index (κ2) is 8.98. The molecular weight excluding hydrogens is 220 g/mol. The summed E-state index contributed by atoms with van der Waals surface area (Å²) in [4.78, 5) is 24.1. The Morgan fingerprint density at radius 1 is 1.29 bits per heavy atom. The highest BCUT2D eigenvalue weighted by molar-refractivity contribution is 5.79. The molecule has 0 aromatic carbocycles. The molecule has 0 bridgehead atoms. The summed E-state index contributed by atoms with van der Waals surface area (Å²) >= 11 is 0. The van der Waals surface area contributed by atoms with Crippen LogP contribution < -0.4 is 5.32 Å². The van der Waals surface area contributed by atoms with Gasteiger partial charge in [0, 0.05) is 6.54 Å². The molecule has 2 N–H and O–H groups in total. The first-order valence-corrected chi connectivity index (χ1v) is 6.22. The fraction of sp³-hybridized carbons (Fsp3) is 0.833. The van der Waals surface area contributed by atoms with Crippen molar-refractivity contribution in [2.45, 2.75) is 45.6 Å². The molecule has 100 valence electrons. The van der Waals surface area contributed by atoms with Crippen LogP contribution in [-0.4, -0.2) is 48.1 Å². The van der Waals surface area contributed by atoms with Gasteiger partial charge >= 0.3 is 5.97 Å². The van der Waals surface area contributed by atoms with Gasteiger partial charge in [-0.05, 0) is 19.9 Å². The molecule has 0 fully saturated rings. The third-order valence-electron chi connectivity index (χ3n) is 2.61. The van der Waals surface area contributed by atoms with Crippen molar-refractivity contribution in [1.29, 1.82) is 0 Å². The normalized spacial score (nSPS) is 12.5. The van der Waals surface area contributed by atoms with Gasteiger partial charge in [-0.1, -0.05) is 26.7 Å². The van der Waals surface area contributed by atoms with Gasteiger partial charge in [-0.3, -0.25) is 14.5 Å². The van der Waals surface area contributed by atoms with Crippen LogP contribution in [0.25, 0.3) is 0 Å². The molecule has 0 rings (SSSR count). The van der Waals surface area contributed by atoms with E-state index in [2.05, 4.69) is 5.32 Å². The Balaban J connectivity index is 4.17. The number of hydrogen-bond acceptors (Lipinski definition) is 3. The van der Waals surface area contributed by atoms with Crippen LogP contribution >= 0.6 is 0 Å². The number of unbranched alkanes of at least 4 members (excludes halogenated alkanes) is 1. The lowest BCUT2D eigenvalue weighted by Crippen LogP contribution is -2.44. The van der Waals surface area contributed by atoms with Gasteiger partial charge in [0.25, 0.3) is 0 Å². The molecule has 0 radical (unpaired) electrons. The predicted octanol–water partition coefficient (Wildman–Crippen LogP) is 1.09. The van der Waals surface area contributed by atoms with E-state index in [9.17, 15) is 9.59 Å². The number of rotatable bonds is 9. The molecule has 0 aliphatic rings. The van der Waals surface area contributed by atoms with Crippen molar-refractivity contribution >= 4 is 11.9 Å². The zero-order valence-electron chi connectivity index (χ0n) is 11.0. The number of nitrogens with zero attached hydrogens (tertiary/aromatic N) is 1. The molecule has 5 nitrogen and oxygen atoms in total. The summed E-state index contributed by atoms with van der Waals surface area (Å²) in [6, 6.07) is -0.567. The van der Waals surface area contributed by atoms with E-state index in [1.54, 1.807) is 11.9 Å². The Kier molecular flexibility index (Phi) is 8.40. The molecule has 1 amide bonds. The summed E-state index contributed by atoms with van der Waals surface area (Å²) in [5.74, 6) is -0.971. The lowest BCUT2D eigenvalue weighted by molar-refractivity contribution is -0.143. The first-order chi connectivity index (χ1) is 8.02. The predicted molar refractivity (Wildman–Crippen MR) is 66.9 cm³/mol. The van der Waals surface area contributed by atoms with E-state index < -0.39 is 12.0 Å². The van der Waals surface area contributed by atoms with E-state index >= 15 is 0 Å². The topological polar surface area (TPSA) is 69.6 Å². The number of amides is 1. The van der Waals surface area contributed by atoms with Crippen molar-refractivity contribution in [3.05, 3.63) is 0 Å². The van der Waals surface area contributed by atoms with Crippen molar-refractivity contribution in [1.82, 2.24) is 10.2 Å². The van der Waals surface area contributed by atoms with Gasteiger partial charge < -0.3 is 10.4 Å². The van der Waals surface area contributed by atoms with Crippen LogP contribution in [-0.2, 0) is 9.59 Å². The third-order valence-corrected chi connectivity index (χ3v) is 2.61. The van der Waals surface area contributed by atoms with Crippen LogP contribution in [0.2, 0.25) is 0 Å². The molecule has 1 atom stereocenters. The van der Waals surface area contributed by atoms with Gasteiger partial charge in [-0.15, -0.1) is 0 Å². The third kappa shape index (κ3) is 6.94. The minimum absolute atomic E-state index is 0.114. The zero-order chi connectivity index (χ0) is 13.3. The summed E-state index contributed by atoms with van der Waals surface area (Å²) < 4.78 is 0. The number of likely N-dealkylation sites (N-methyl/N-ethyl adjacent to an activating group) is 1. The van der Waals surface area contributed by atoms with E-state index in [0.29, 0.717) is 13.0 Å². The Bertz CT molecular complexity index is 244. The molecule has 5 heteroatoms. The van der Waals surface area contributed by atoms with Crippen LogP contribution in [0.1, 0.15) is 39.5 Å². The highest BCUT2D eigenvalue weighted by Gasteiger charge is 2.23. The molecule has 1 unspecified atom stereocenters. The van der Waals surface area contributed by atoms with Gasteiger partial charge in [0.05, 0.1) is 6.54 Å². The van der Waals surface area contributed by atoms with Gasteiger partial charge in [-0.25, -0.2) is 0 Å². The average Bonchev–Trinajstić information content (AvgIpc) is 2.26. The second-order valence-corrected chi connectivity index (χ2v) is 4.26. The fourth-order valence-corrected chi connectivity index (χ4v) is 1.59. The Labute approximate surface area is 103 Å². The summed E-state index contributed by atoms with van der Waals surface area (Å²) in [5.41, 5.74) is 0. The SMILES string of the molecule is CCCCC(C(=O)O)N(C)CC(=O)NCCC. The smallest absolute Gasteiger partial charge is 0.320 e. The molecule has 0 spiro atoms. The fourth-order valence-electron chi connectivity index (χ4n) is 1.59. The second-order valence-electron chi connectivity index (χ2n) is 4.26. The molecule has 0 aliphatic carbocycles. The lowest BCUT2D eigenvalue weighted by Gasteiger charge is -2.23. The maximum atomic E-state index is 11.5. The number of aliphatic carboxylic acids is 1. The van der Waals surface area contributed by atoms with Crippen LogP contribution in [0.4, 0.5) is 0 Å². The van der Waals surface area contributed by atoms with Gasteiger partial charge in [0.1, 0.15) is 6.04 Å². The van der Waals surface area contributed by atoms with E-state index in [4.69, 9.17) is 5.11 Å². The number of nitrogens with one attached hydrogen (secondary N) is 1. The lowest BCUT2D eigenvalue weighted by atomic mass is 10.1. The minimum atomic E-state index is -0.857. The largest absolute Gasteiger partial charge is 0.480 e. The summed E-state index contributed by atoms with van der Waals surface area (Å²) in [5, 5.41) is 11.8. The first kappa shape index (κ1) is 15.9. The monoisotopic (exact) mass is 244 g/mol. The molecule has 0 aromatic rings. The Hall–Kier alpha value is -1.10. The molecule has 0 aliphatic heterocycles. The first-order valence-electron chi connectivity index (χ1n) is 6.22. The van der Waals surface area contributed by atoms with Crippen molar-refractivity contribution in [3.8, 4) is 0 Å². The highest BCUT2D eigenvalue weighted by Crippen LogP contribution is 2.07. The van der Waals surface area contributed by atoms with Crippen LogP contribution in [0.15, 0.2) is 0 Å². The number of carboxylic acids is 1. The highest BCUT2D eigenvalue weighted by atomic mass is 16.4. The van der Waals surface area contributed by atoms with Crippen molar-refractivity contribution < 1.29 is 14.7 Å². The van der Waals surface area contributed by atoms with Crippen LogP contribution in [0, 0.1) is 0 Å². The van der Waals surface area contributed by atoms with E-state index in [-0.39, 0.29) is 12.5 Å². The Morgan fingerprint density at radius 3 is 2.41 bits per heavy atom. The quantitative estimate of drug-likeness (QED) is 0.637. The molecule has 0 saturated carbocycles. The van der Waals surface area contributed by atoms with Crippen molar-refractivity contribution in [2.75, 3.05) is 20.1 Å². The van der Waals surface area contributed by atoms with Crippen LogP contribution in [0.3, 0.4) is 0 Å². The summed E-state index contributed by atoms with van der Waals surface area (Å²) in [6.07, 6.45) is 3.29. The van der Waals surface area contributed by atoms with Gasteiger partial charge in [0.2, 0.25) is 5.91 Å². The standard InChI is InChI=1S/C12H24N2O3/c1-4-6-7-10(12(16)17)14(3)9-11(15)13-8-5-2/h10H,4-9H2,1-3H3,(H,13,15)(H,16,17). The zero-order valence-corrected chi connectivity index (χ0v) is 11.0. The molecule has 0 saturated heterocycles. The van der Waals surface area contributed by atoms with Gasteiger partial charge in [0.15, 0.2) is 0 Å². The Morgan fingerprint density at radius 2 is 1.94 bits per heavy atom. The average molecular weight is 244 g/mol. The maximum Gasteiger partial charge on any atom is 0.320 e. The number of carbonyl (C=O) groups excluding carboxylic acids is 1. The minimum Gasteiger partial charge on any atom is -0.480 e. The summed E-state index contributed by atoms with van der Waals surface area (Å²) in [7, 11) is 1.68. The summed E-state index contributed by atoms with van der Waals surface area (Å²) in [6.45, 7) is 4.78. The van der Waals surface area contributed by atoms with Gasteiger partial charge in [-0.2, -0.15) is 0 Å². The van der Waals surface area contributed by atoms with E-state index in [1.807, 2.05) is 13.8 Å². The van der Waals surface area contributed by atoms with E-state index in [1.165, 1.54) is 0 Å². The molecular formula is C12H24N2O3. The molecule has 0 heterocycles. The van der Waals surface area contributed by atoms with Crippen LogP contribution in [0.5, 0.6) is 0 Å². The number of carbonyl (C=O) groups is 2.